The van der Waals surface area contributed by atoms with Gasteiger partial charge in [0.2, 0.25) is 5.91 Å². The van der Waals surface area contributed by atoms with Crippen LogP contribution in [-0.2, 0) is 4.79 Å². The van der Waals surface area contributed by atoms with Crippen LogP contribution in [0.2, 0.25) is 5.02 Å². The average molecular weight is 366 g/mol. The Labute approximate surface area is 155 Å². The number of amides is 2. The number of piperazine rings is 1. The minimum Gasteiger partial charge on any atom is -0.340 e. The molecule has 1 aromatic rings. The molecule has 138 valence electrons. The van der Waals surface area contributed by atoms with E-state index in [0.717, 1.165) is 13.1 Å². The molecule has 1 unspecified atom stereocenters. The zero-order valence-electron chi connectivity index (χ0n) is 15.5. The van der Waals surface area contributed by atoms with Gasteiger partial charge in [-0.25, -0.2) is 0 Å². The van der Waals surface area contributed by atoms with Gasteiger partial charge in [0.25, 0.3) is 5.91 Å². The molecule has 0 aromatic heterocycles. The van der Waals surface area contributed by atoms with E-state index in [1.165, 1.54) is 0 Å². The van der Waals surface area contributed by atoms with Crippen molar-refractivity contribution >= 4 is 23.4 Å². The third-order valence-electron chi connectivity index (χ3n) is 4.69. The minimum atomic E-state index is -0.547. The predicted molar refractivity (Wildman–Crippen MR) is 101 cm³/mol. The molecule has 6 heteroatoms. The molecular formula is C19H28ClN3O2. The lowest BCUT2D eigenvalue weighted by Crippen LogP contribution is -2.57. The van der Waals surface area contributed by atoms with E-state index in [4.69, 9.17) is 11.6 Å². The Hall–Kier alpha value is -1.59. The maximum absolute atomic E-state index is 12.9. The van der Waals surface area contributed by atoms with Gasteiger partial charge in [-0.15, -0.1) is 0 Å². The number of nitrogens with one attached hydrogen (secondary N) is 1. The minimum absolute atomic E-state index is 0.00191. The third kappa shape index (κ3) is 4.95. The van der Waals surface area contributed by atoms with Crippen molar-refractivity contribution in [2.75, 3.05) is 26.2 Å². The van der Waals surface area contributed by atoms with E-state index in [9.17, 15) is 9.59 Å². The SMILES string of the molecule is CC(C)C(NC(=O)c1ccccc1Cl)C(=O)N1CCN(C(C)C)CC1. The van der Waals surface area contributed by atoms with Crippen LogP contribution < -0.4 is 5.32 Å². The Morgan fingerprint density at radius 3 is 2.16 bits per heavy atom. The summed E-state index contributed by atoms with van der Waals surface area (Å²) in [5, 5.41) is 3.27. The van der Waals surface area contributed by atoms with Gasteiger partial charge in [0.05, 0.1) is 10.6 Å². The lowest BCUT2D eigenvalue weighted by molar-refractivity contribution is -0.136. The zero-order chi connectivity index (χ0) is 18.6. The highest BCUT2D eigenvalue weighted by molar-refractivity contribution is 6.33. The number of hydrogen-bond acceptors (Lipinski definition) is 3. The fraction of sp³-hybridized carbons (Fsp3) is 0.579. The number of hydrogen-bond donors (Lipinski definition) is 1. The van der Waals surface area contributed by atoms with Crippen molar-refractivity contribution in [1.29, 1.82) is 0 Å². The standard InChI is InChI=1S/C19H28ClN3O2/c1-13(2)17(21-18(24)15-7-5-6-8-16(15)20)19(25)23-11-9-22(10-12-23)14(3)4/h5-8,13-14,17H,9-12H2,1-4H3,(H,21,24). The van der Waals surface area contributed by atoms with Crippen molar-refractivity contribution in [3.63, 3.8) is 0 Å². The highest BCUT2D eigenvalue weighted by atomic mass is 35.5. The van der Waals surface area contributed by atoms with Crippen molar-refractivity contribution in [3.8, 4) is 0 Å². The molecule has 0 saturated carbocycles. The fourth-order valence-electron chi connectivity index (χ4n) is 3.03. The summed E-state index contributed by atoms with van der Waals surface area (Å²) in [4.78, 5) is 29.7. The summed E-state index contributed by atoms with van der Waals surface area (Å²) in [6.45, 7) is 11.3. The van der Waals surface area contributed by atoms with E-state index in [2.05, 4.69) is 24.1 Å². The van der Waals surface area contributed by atoms with Gasteiger partial charge >= 0.3 is 0 Å². The Kier molecular flexibility index (Phi) is 6.85. The van der Waals surface area contributed by atoms with Gasteiger partial charge in [0.15, 0.2) is 0 Å². The second-order valence-corrected chi connectivity index (χ2v) is 7.54. The molecule has 1 aliphatic rings. The number of nitrogens with zero attached hydrogens (tertiary/aromatic N) is 2. The molecule has 0 spiro atoms. The number of halogens is 1. The van der Waals surface area contributed by atoms with Crippen LogP contribution in [0.25, 0.3) is 0 Å². The van der Waals surface area contributed by atoms with Gasteiger partial charge in [-0.2, -0.15) is 0 Å². The monoisotopic (exact) mass is 365 g/mol. The number of carbonyl (C=O) groups is 2. The molecule has 1 aliphatic heterocycles. The molecule has 1 saturated heterocycles. The van der Waals surface area contributed by atoms with Crippen LogP contribution in [0, 0.1) is 5.92 Å². The Balaban J connectivity index is 2.04. The maximum atomic E-state index is 12.9. The molecule has 2 amide bonds. The summed E-state index contributed by atoms with van der Waals surface area (Å²) < 4.78 is 0. The molecule has 1 aromatic carbocycles. The van der Waals surface area contributed by atoms with E-state index in [1.807, 2.05) is 18.7 Å². The fourth-order valence-corrected chi connectivity index (χ4v) is 3.25. The van der Waals surface area contributed by atoms with Crippen LogP contribution in [0.4, 0.5) is 0 Å². The first-order valence-corrected chi connectivity index (χ1v) is 9.27. The Morgan fingerprint density at radius 1 is 1.04 bits per heavy atom. The number of carbonyl (C=O) groups excluding carboxylic acids is 2. The quantitative estimate of drug-likeness (QED) is 0.872. The predicted octanol–water partition coefficient (Wildman–Crippen LogP) is 2.65. The summed E-state index contributed by atoms with van der Waals surface area (Å²) in [6, 6.07) is 6.82. The second kappa shape index (κ2) is 8.68. The van der Waals surface area contributed by atoms with Gasteiger partial charge in [0, 0.05) is 32.2 Å². The molecule has 25 heavy (non-hydrogen) atoms. The van der Waals surface area contributed by atoms with Gasteiger partial charge < -0.3 is 10.2 Å². The summed E-state index contributed by atoms with van der Waals surface area (Å²) >= 11 is 6.09. The molecule has 1 N–H and O–H groups in total. The van der Waals surface area contributed by atoms with Crippen LogP contribution in [0.3, 0.4) is 0 Å². The van der Waals surface area contributed by atoms with Crippen LogP contribution in [-0.4, -0.2) is 59.9 Å². The third-order valence-corrected chi connectivity index (χ3v) is 5.02. The normalized spacial score (nSPS) is 17.0. The van der Waals surface area contributed by atoms with Gasteiger partial charge in [-0.05, 0) is 31.9 Å². The van der Waals surface area contributed by atoms with Crippen LogP contribution in [0.1, 0.15) is 38.1 Å². The highest BCUT2D eigenvalue weighted by Gasteiger charge is 2.31. The molecule has 5 nitrogen and oxygen atoms in total. The Morgan fingerprint density at radius 2 is 1.64 bits per heavy atom. The van der Waals surface area contributed by atoms with Crippen molar-refractivity contribution < 1.29 is 9.59 Å². The zero-order valence-corrected chi connectivity index (χ0v) is 16.2. The van der Waals surface area contributed by atoms with E-state index in [1.54, 1.807) is 24.3 Å². The van der Waals surface area contributed by atoms with Gasteiger partial charge in [-0.3, -0.25) is 14.5 Å². The maximum Gasteiger partial charge on any atom is 0.253 e. The van der Waals surface area contributed by atoms with Crippen LogP contribution in [0.5, 0.6) is 0 Å². The van der Waals surface area contributed by atoms with E-state index in [0.29, 0.717) is 29.7 Å². The summed E-state index contributed by atoms with van der Waals surface area (Å²) in [6.07, 6.45) is 0. The van der Waals surface area contributed by atoms with Gasteiger partial charge in [-0.1, -0.05) is 37.6 Å². The molecule has 1 fully saturated rings. The van der Waals surface area contributed by atoms with E-state index in [-0.39, 0.29) is 17.7 Å². The lowest BCUT2D eigenvalue weighted by Gasteiger charge is -2.39. The summed E-state index contributed by atoms with van der Waals surface area (Å²) in [5.41, 5.74) is 0.396. The van der Waals surface area contributed by atoms with Crippen molar-refractivity contribution in [1.82, 2.24) is 15.1 Å². The number of benzene rings is 1. The van der Waals surface area contributed by atoms with E-state index < -0.39 is 6.04 Å². The van der Waals surface area contributed by atoms with Crippen LogP contribution >= 0.6 is 11.6 Å². The molecule has 0 bridgehead atoms. The van der Waals surface area contributed by atoms with Gasteiger partial charge in [0.1, 0.15) is 6.04 Å². The summed E-state index contributed by atoms with van der Waals surface area (Å²) in [5.74, 6) is -0.320. The second-order valence-electron chi connectivity index (χ2n) is 7.13. The lowest BCUT2D eigenvalue weighted by atomic mass is 10.0. The van der Waals surface area contributed by atoms with Crippen molar-refractivity contribution in [3.05, 3.63) is 34.9 Å². The van der Waals surface area contributed by atoms with Crippen molar-refractivity contribution in [2.24, 2.45) is 5.92 Å². The average Bonchev–Trinajstić information content (AvgIpc) is 2.59. The molecule has 0 aliphatic carbocycles. The van der Waals surface area contributed by atoms with E-state index >= 15 is 0 Å². The number of rotatable bonds is 5. The molecule has 2 rings (SSSR count). The largest absolute Gasteiger partial charge is 0.340 e. The first-order chi connectivity index (χ1) is 11.8. The molecule has 1 atom stereocenters. The first kappa shape index (κ1) is 19.7. The Bertz CT molecular complexity index is 610. The topological polar surface area (TPSA) is 52.7 Å². The molecular weight excluding hydrogens is 338 g/mol. The molecule has 1 heterocycles. The highest BCUT2D eigenvalue weighted by Crippen LogP contribution is 2.16. The smallest absolute Gasteiger partial charge is 0.253 e. The summed E-state index contributed by atoms with van der Waals surface area (Å²) in [7, 11) is 0. The molecule has 0 radical (unpaired) electrons. The van der Waals surface area contributed by atoms with Crippen molar-refractivity contribution in [2.45, 2.75) is 39.8 Å². The van der Waals surface area contributed by atoms with Crippen LogP contribution in [0.15, 0.2) is 24.3 Å². The first-order valence-electron chi connectivity index (χ1n) is 8.89.